The van der Waals surface area contributed by atoms with Crippen LogP contribution in [0.2, 0.25) is 0 Å². The number of nitrogens with one attached hydrogen (secondary N) is 2. The number of benzene rings is 1. The molecule has 1 aliphatic rings. The molecule has 0 atom stereocenters. The van der Waals surface area contributed by atoms with Gasteiger partial charge in [-0.3, -0.25) is 4.79 Å². The van der Waals surface area contributed by atoms with Crippen molar-refractivity contribution in [2.45, 2.75) is 26.3 Å². The quantitative estimate of drug-likeness (QED) is 0.864. The van der Waals surface area contributed by atoms with Gasteiger partial charge in [0, 0.05) is 55.5 Å². The Bertz CT molecular complexity index is 759. The molecule has 0 saturated carbocycles. The average molecular weight is 368 g/mol. The van der Waals surface area contributed by atoms with Gasteiger partial charge in [-0.1, -0.05) is 0 Å². The number of carbonyl (C=O) groups is 1. The summed E-state index contributed by atoms with van der Waals surface area (Å²) in [5.41, 5.74) is 2.24. The largest absolute Gasteiger partial charge is 0.369 e. The molecule has 7 nitrogen and oxygen atoms in total. The highest BCUT2D eigenvalue weighted by atomic mass is 16.1. The molecule has 2 N–H and O–H groups in total. The molecule has 3 rings (SSSR count). The Morgan fingerprint density at radius 1 is 1.00 bits per heavy atom. The van der Waals surface area contributed by atoms with E-state index in [-0.39, 0.29) is 11.4 Å². The summed E-state index contributed by atoms with van der Waals surface area (Å²) >= 11 is 0. The number of aromatic nitrogens is 2. The highest BCUT2D eigenvalue weighted by Gasteiger charge is 2.15. The van der Waals surface area contributed by atoms with Gasteiger partial charge >= 0.3 is 0 Å². The number of anilines is 3. The Labute approximate surface area is 160 Å². The Morgan fingerprint density at radius 2 is 1.59 bits per heavy atom. The lowest BCUT2D eigenvalue weighted by Gasteiger charge is -2.34. The first-order valence-electron chi connectivity index (χ1n) is 9.25. The monoisotopic (exact) mass is 368 g/mol. The van der Waals surface area contributed by atoms with E-state index in [1.165, 1.54) is 18.1 Å². The van der Waals surface area contributed by atoms with Gasteiger partial charge in [0.2, 0.25) is 5.95 Å². The van der Waals surface area contributed by atoms with Gasteiger partial charge in [0.1, 0.15) is 0 Å². The smallest absolute Gasteiger partial charge is 0.258 e. The number of nitrogens with zero attached hydrogens (tertiary/aromatic N) is 4. The molecule has 0 unspecified atom stereocenters. The van der Waals surface area contributed by atoms with Gasteiger partial charge in [-0.15, -0.1) is 0 Å². The zero-order valence-electron chi connectivity index (χ0n) is 16.5. The molecule has 1 aromatic carbocycles. The van der Waals surface area contributed by atoms with Crippen LogP contribution >= 0.6 is 0 Å². The first-order chi connectivity index (χ1) is 12.8. The number of likely N-dealkylation sites (N-methyl/N-ethyl adjacent to an activating group) is 1. The summed E-state index contributed by atoms with van der Waals surface area (Å²) in [6.45, 7) is 10.3. The highest BCUT2D eigenvalue weighted by Crippen LogP contribution is 2.20. The molecule has 1 aromatic heterocycles. The molecule has 1 saturated heterocycles. The first-order valence-corrected chi connectivity index (χ1v) is 9.25. The van der Waals surface area contributed by atoms with Crippen LogP contribution in [0.15, 0.2) is 36.7 Å². The zero-order chi connectivity index (χ0) is 19.4. The summed E-state index contributed by atoms with van der Waals surface area (Å²) in [6.07, 6.45) is 3.07. The predicted octanol–water partition coefficient (Wildman–Crippen LogP) is 2.69. The van der Waals surface area contributed by atoms with E-state index < -0.39 is 0 Å². The second-order valence-corrected chi connectivity index (χ2v) is 7.96. The van der Waals surface area contributed by atoms with E-state index in [0.29, 0.717) is 11.5 Å². The maximum absolute atomic E-state index is 12.4. The molecule has 144 valence electrons. The molecule has 2 heterocycles. The van der Waals surface area contributed by atoms with Crippen LogP contribution in [0.1, 0.15) is 31.1 Å². The number of hydrogen-bond donors (Lipinski definition) is 2. The lowest BCUT2D eigenvalue weighted by atomic mass is 10.1. The predicted molar refractivity (Wildman–Crippen MR) is 110 cm³/mol. The number of amides is 1. The van der Waals surface area contributed by atoms with Crippen LogP contribution in [0.25, 0.3) is 0 Å². The van der Waals surface area contributed by atoms with Crippen molar-refractivity contribution in [3.63, 3.8) is 0 Å². The van der Waals surface area contributed by atoms with Crippen LogP contribution in [0.3, 0.4) is 0 Å². The molecule has 27 heavy (non-hydrogen) atoms. The zero-order valence-corrected chi connectivity index (χ0v) is 16.5. The maximum atomic E-state index is 12.4. The number of piperazine rings is 1. The van der Waals surface area contributed by atoms with Gasteiger partial charge in [-0.2, -0.15) is 0 Å². The molecule has 0 spiro atoms. The van der Waals surface area contributed by atoms with Crippen LogP contribution in [0.4, 0.5) is 17.3 Å². The Hall–Kier alpha value is -2.67. The summed E-state index contributed by atoms with van der Waals surface area (Å²) in [7, 11) is 2.14. The standard InChI is InChI=1S/C20H28N6O/c1-20(2,3)24-19-21-13-15(14-22-19)18(27)23-16-5-7-17(8-6-16)26-11-9-25(4)10-12-26/h5-8,13-14H,9-12H2,1-4H3,(H,23,27)(H,21,22,24). The van der Waals surface area contributed by atoms with Crippen molar-refractivity contribution in [1.29, 1.82) is 0 Å². The normalized spacial score (nSPS) is 15.5. The van der Waals surface area contributed by atoms with Gasteiger partial charge in [0.05, 0.1) is 5.56 Å². The molecule has 2 aromatic rings. The third kappa shape index (κ3) is 5.40. The minimum Gasteiger partial charge on any atom is -0.369 e. The summed E-state index contributed by atoms with van der Waals surface area (Å²) in [5.74, 6) is 0.292. The lowest BCUT2D eigenvalue weighted by molar-refractivity contribution is 0.102. The van der Waals surface area contributed by atoms with Gasteiger partial charge in [-0.05, 0) is 52.1 Å². The molecule has 0 radical (unpaired) electrons. The van der Waals surface area contributed by atoms with Crippen LogP contribution in [-0.4, -0.2) is 59.5 Å². The fraction of sp³-hybridized carbons (Fsp3) is 0.450. The van der Waals surface area contributed by atoms with Gasteiger partial charge in [0.15, 0.2) is 0 Å². The fourth-order valence-electron chi connectivity index (χ4n) is 2.87. The summed E-state index contributed by atoms with van der Waals surface area (Å²) < 4.78 is 0. The van der Waals surface area contributed by atoms with Gasteiger partial charge in [0.25, 0.3) is 5.91 Å². The minimum absolute atomic E-state index is 0.130. The van der Waals surface area contributed by atoms with Crippen molar-refractivity contribution >= 4 is 23.2 Å². The molecule has 0 bridgehead atoms. The van der Waals surface area contributed by atoms with E-state index in [0.717, 1.165) is 31.9 Å². The molecule has 7 heteroatoms. The number of rotatable bonds is 4. The Kier molecular flexibility index (Phi) is 5.60. The van der Waals surface area contributed by atoms with Crippen LogP contribution in [-0.2, 0) is 0 Å². The average Bonchev–Trinajstić information content (AvgIpc) is 2.62. The van der Waals surface area contributed by atoms with Crippen molar-refractivity contribution in [2.24, 2.45) is 0 Å². The van der Waals surface area contributed by atoms with E-state index in [2.05, 4.69) is 37.4 Å². The molecule has 1 aliphatic heterocycles. The fourth-order valence-corrected chi connectivity index (χ4v) is 2.87. The SMILES string of the molecule is CN1CCN(c2ccc(NC(=O)c3cnc(NC(C)(C)C)nc3)cc2)CC1. The van der Waals surface area contributed by atoms with Gasteiger partial charge in [-0.25, -0.2) is 9.97 Å². The minimum atomic E-state index is -0.218. The van der Waals surface area contributed by atoms with Crippen molar-refractivity contribution in [3.8, 4) is 0 Å². The molecule has 0 aliphatic carbocycles. The number of carbonyl (C=O) groups excluding carboxylic acids is 1. The third-order valence-corrected chi connectivity index (χ3v) is 4.39. The molecular formula is C20H28N6O. The summed E-state index contributed by atoms with van der Waals surface area (Å²) in [6, 6.07) is 7.96. The van der Waals surface area contributed by atoms with Crippen molar-refractivity contribution in [3.05, 3.63) is 42.2 Å². The Balaban J connectivity index is 1.59. The van der Waals surface area contributed by atoms with E-state index in [1.807, 2.05) is 45.0 Å². The first kappa shape index (κ1) is 19.1. The number of hydrogen-bond acceptors (Lipinski definition) is 6. The Morgan fingerprint density at radius 3 is 2.15 bits per heavy atom. The third-order valence-electron chi connectivity index (χ3n) is 4.39. The molecular weight excluding hydrogens is 340 g/mol. The van der Waals surface area contributed by atoms with Gasteiger partial charge < -0.3 is 20.4 Å². The summed E-state index contributed by atoms with van der Waals surface area (Å²) in [4.78, 5) is 25.5. The van der Waals surface area contributed by atoms with E-state index in [1.54, 1.807) is 0 Å². The van der Waals surface area contributed by atoms with E-state index in [4.69, 9.17) is 0 Å². The summed E-state index contributed by atoms with van der Waals surface area (Å²) in [5, 5.41) is 6.07. The van der Waals surface area contributed by atoms with E-state index >= 15 is 0 Å². The van der Waals surface area contributed by atoms with Crippen molar-refractivity contribution in [1.82, 2.24) is 14.9 Å². The molecule has 1 fully saturated rings. The van der Waals surface area contributed by atoms with Crippen LogP contribution < -0.4 is 15.5 Å². The van der Waals surface area contributed by atoms with Crippen LogP contribution in [0.5, 0.6) is 0 Å². The van der Waals surface area contributed by atoms with Crippen molar-refractivity contribution < 1.29 is 4.79 Å². The van der Waals surface area contributed by atoms with Crippen molar-refractivity contribution in [2.75, 3.05) is 48.8 Å². The van der Waals surface area contributed by atoms with Crippen LogP contribution in [0, 0.1) is 0 Å². The topological polar surface area (TPSA) is 73.4 Å². The maximum Gasteiger partial charge on any atom is 0.258 e. The highest BCUT2D eigenvalue weighted by molar-refractivity contribution is 6.03. The van der Waals surface area contributed by atoms with E-state index in [9.17, 15) is 4.79 Å². The second kappa shape index (κ2) is 7.92. The lowest BCUT2D eigenvalue weighted by Crippen LogP contribution is -2.44. The molecule has 1 amide bonds. The second-order valence-electron chi connectivity index (χ2n) is 7.96.